The highest BCUT2D eigenvalue weighted by molar-refractivity contribution is 5.81. The summed E-state index contributed by atoms with van der Waals surface area (Å²) in [5.41, 5.74) is 0.521. The normalized spacial score (nSPS) is 19.5. The van der Waals surface area contributed by atoms with Crippen LogP contribution in [-0.4, -0.2) is 19.0 Å². The Balaban J connectivity index is 1.90. The van der Waals surface area contributed by atoms with Crippen molar-refractivity contribution in [3.05, 3.63) is 35.4 Å². The largest absolute Gasteiger partial charge is 0.381 e. The van der Waals surface area contributed by atoms with Crippen LogP contribution in [0.2, 0.25) is 0 Å². The van der Waals surface area contributed by atoms with Crippen molar-refractivity contribution in [2.24, 2.45) is 5.92 Å². The van der Waals surface area contributed by atoms with Crippen molar-refractivity contribution in [1.29, 1.82) is 0 Å². The fourth-order valence-electron chi connectivity index (χ4n) is 2.02. The maximum atomic E-state index is 12.9. The number of hydrogen-bond acceptors (Lipinski definition) is 2. The second-order valence-corrected chi connectivity index (χ2v) is 4.40. The highest BCUT2D eigenvalue weighted by Gasteiger charge is 2.19. The third kappa shape index (κ3) is 3.33. The van der Waals surface area contributed by atoms with Gasteiger partial charge in [-0.15, -0.1) is 0 Å². The molecule has 2 rings (SSSR count). The minimum absolute atomic E-state index is 0.0477. The summed E-state index contributed by atoms with van der Waals surface area (Å²) >= 11 is 0. The average Bonchev–Trinajstić information content (AvgIpc) is 2.76. The standard InChI is InChI=1S/C13H14F2O2/c14-12-2-1-9(7-13(12)15)5-11(16)6-10-3-4-17-8-10/h1-2,7,10H,3-6,8H2. The number of carbonyl (C=O) groups excluding carboxylic acids is 1. The first kappa shape index (κ1) is 12.2. The van der Waals surface area contributed by atoms with Crippen LogP contribution >= 0.6 is 0 Å². The number of ether oxygens (including phenoxy) is 1. The Hall–Kier alpha value is -1.29. The van der Waals surface area contributed by atoms with Crippen LogP contribution in [0, 0.1) is 17.6 Å². The Morgan fingerprint density at radius 3 is 2.82 bits per heavy atom. The molecule has 1 aromatic carbocycles. The number of rotatable bonds is 4. The first-order valence-electron chi connectivity index (χ1n) is 5.68. The summed E-state index contributed by atoms with van der Waals surface area (Å²) in [7, 11) is 0. The molecule has 1 heterocycles. The van der Waals surface area contributed by atoms with E-state index in [2.05, 4.69) is 0 Å². The van der Waals surface area contributed by atoms with Crippen LogP contribution in [0.3, 0.4) is 0 Å². The van der Waals surface area contributed by atoms with Gasteiger partial charge in [0.05, 0.1) is 0 Å². The zero-order valence-electron chi connectivity index (χ0n) is 9.42. The number of hydrogen-bond donors (Lipinski definition) is 0. The van der Waals surface area contributed by atoms with E-state index in [9.17, 15) is 13.6 Å². The number of benzene rings is 1. The molecular formula is C13H14F2O2. The summed E-state index contributed by atoms with van der Waals surface area (Å²) in [6.45, 7) is 1.34. The van der Waals surface area contributed by atoms with Crippen LogP contribution < -0.4 is 0 Å². The highest BCUT2D eigenvalue weighted by Crippen LogP contribution is 2.18. The van der Waals surface area contributed by atoms with E-state index >= 15 is 0 Å². The molecule has 0 spiro atoms. The van der Waals surface area contributed by atoms with Crippen molar-refractivity contribution in [2.75, 3.05) is 13.2 Å². The van der Waals surface area contributed by atoms with Crippen LogP contribution in [0.5, 0.6) is 0 Å². The molecule has 1 aromatic rings. The Bertz CT molecular complexity index is 412. The van der Waals surface area contributed by atoms with Crippen LogP contribution in [0.1, 0.15) is 18.4 Å². The number of halogens is 2. The first-order valence-corrected chi connectivity index (χ1v) is 5.68. The molecular weight excluding hydrogens is 226 g/mol. The van der Waals surface area contributed by atoms with Crippen molar-refractivity contribution < 1.29 is 18.3 Å². The van der Waals surface area contributed by atoms with E-state index in [-0.39, 0.29) is 18.1 Å². The molecule has 0 radical (unpaired) electrons. The Morgan fingerprint density at radius 1 is 1.35 bits per heavy atom. The zero-order chi connectivity index (χ0) is 12.3. The van der Waals surface area contributed by atoms with Gasteiger partial charge in [0, 0.05) is 26.1 Å². The smallest absolute Gasteiger partial charge is 0.159 e. The van der Waals surface area contributed by atoms with Gasteiger partial charge in [-0.2, -0.15) is 0 Å². The van der Waals surface area contributed by atoms with Gasteiger partial charge < -0.3 is 4.74 Å². The molecule has 1 aliphatic rings. The van der Waals surface area contributed by atoms with Gasteiger partial charge >= 0.3 is 0 Å². The van der Waals surface area contributed by atoms with E-state index in [0.29, 0.717) is 25.2 Å². The molecule has 0 saturated carbocycles. The summed E-state index contributed by atoms with van der Waals surface area (Å²) in [5.74, 6) is -1.45. The quantitative estimate of drug-likeness (QED) is 0.808. The molecule has 0 aliphatic carbocycles. The van der Waals surface area contributed by atoms with Gasteiger partial charge in [0.15, 0.2) is 11.6 Å². The van der Waals surface area contributed by atoms with Gasteiger partial charge in [-0.1, -0.05) is 6.07 Å². The maximum absolute atomic E-state index is 12.9. The molecule has 2 nitrogen and oxygen atoms in total. The van der Waals surface area contributed by atoms with E-state index in [1.165, 1.54) is 6.07 Å². The fraction of sp³-hybridized carbons (Fsp3) is 0.462. The van der Waals surface area contributed by atoms with Crippen molar-refractivity contribution in [3.8, 4) is 0 Å². The molecule has 92 valence electrons. The van der Waals surface area contributed by atoms with Gasteiger partial charge in [0.2, 0.25) is 0 Å². The summed E-state index contributed by atoms with van der Waals surface area (Å²) in [6, 6.07) is 3.58. The predicted octanol–water partition coefficient (Wildman–Crippen LogP) is 2.50. The SMILES string of the molecule is O=C(Cc1ccc(F)c(F)c1)CC1CCOC1. The van der Waals surface area contributed by atoms with Crippen molar-refractivity contribution in [2.45, 2.75) is 19.3 Å². The van der Waals surface area contributed by atoms with Crippen molar-refractivity contribution in [1.82, 2.24) is 0 Å². The zero-order valence-corrected chi connectivity index (χ0v) is 9.42. The van der Waals surface area contributed by atoms with Gasteiger partial charge in [-0.25, -0.2) is 8.78 Å². The van der Waals surface area contributed by atoms with E-state index in [1.807, 2.05) is 0 Å². The lowest BCUT2D eigenvalue weighted by molar-refractivity contribution is -0.119. The second-order valence-electron chi connectivity index (χ2n) is 4.40. The third-order valence-corrected chi connectivity index (χ3v) is 2.93. The molecule has 1 fully saturated rings. The minimum atomic E-state index is -0.903. The van der Waals surface area contributed by atoms with Crippen LogP contribution in [0.4, 0.5) is 8.78 Å². The average molecular weight is 240 g/mol. The number of ketones is 1. The van der Waals surface area contributed by atoms with E-state index in [4.69, 9.17) is 4.74 Å². The molecule has 0 aromatic heterocycles. The molecule has 1 aliphatic heterocycles. The summed E-state index contributed by atoms with van der Waals surface area (Å²) in [4.78, 5) is 11.7. The minimum Gasteiger partial charge on any atom is -0.381 e. The molecule has 1 unspecified atom stereocenters. The monoisotopic (exact) mass is 240 g/mol. The fourth-order valence-corrected chi connectivity index (χ4v) is 2.02. The first-order chi connectivity index (χ1) is 8.15. The third-order valence-electron chi connectivity index (χ3n) is 2.93. The summed E-state index contributed by atoms with van der Waals surface area (Å²) < 4.78 is 30.8. The van der Waals surface area contributed by atoms with Crippen molar-refractivity contribution >= 4 is 5.78 Å². The van der Waals surface area contributed by atoms with Gasteiger partial charge in [0.25, 0.3) is 0 Å². The summed E-state index contributed by atoms with van der Waals surface area (Å²) in [5, 5.41) is 0. The lowest BCUT2D eigenvalue weighted by Gasteiger charge is -2.06. The highest BCUT2D eigenvalue weighted by atomic mass is 19.2. The molecule has 17 heavy (non-hydrogen) atoms. The van der Waals surface area contributed by atoms with E-state index in [1.54, 1.807) is 0 Å². The van der Waals surface area contributed by atoms with Gasteiger partial charge in [0.1, 0.15) is 5.78 Å². The Morgan fingerprint density at radius 2 is 2.18 bits per heavy atom. The second kappa shape index (κ2) is 5.36. The molecule has 1 saturated heterocycles. The van der Waals surface area contributed by atoms with Crippen molar-refractivity contribution in [3.63, 3.8) is 0 Å². The molecule has 1 atom stereocenters. The number of carbonyl (C=O) groups is 1. The van der Waals surface area contributed by atoms with E-state index in [0.717, 1.165) is 18.6 Å². The lowest BCUT2D eigenvalue weighted by Crippen LogP contribution is -2.11. The van der Waals surface area contributed by atoms with Crippen LogP contribution in [0.15, 0.2) is 18.2 Å². The molecule has 0 bridgehead atoms. The van der Waals surface area contributed by atoms with E-state index < -0.39 is 11.6 Å². The predicted molar refractivity (Wildman–Crippen MR) is 58.6 cm³/mol. The Labute approximate surface area is 98.6 Å². The van der Waals surface area contributed by atoms with Crippen LogP contribution in [0.25, 0.3) is 0 Å². The number of Topliss-reactive ketones (excluding diaryl/α,β-unsaturated/α-hetero) is 1. The Kier molecular flexibility index (Phi) is 3.84. The van der Waals surface area contributed by atoms with Crippen LogP contribution in [-0.2, 0) is 16.0 Å². The van der Waals surface area contributed by atoms with Gasteiger partial charge in [-0.05, 0) is 30.0 Å². The molecule has 4 heteroatoms. The van der Waals surface area contributed by atoms with Gasteiger partial charge in [-0.3, -0.25) is 4.79 Å². The molecule has 0 amide bonds. The molecule has 0 N–H and O–H groups in total. The maximum Gasteiger partial charge on any atom is 0.159 e. The summed E-state index contributed by atoms with van der Waals surface area (Å²) in [6.07, 6.45) is 1.52. The topological polar surface area (TPSA) is 26.3 Å². The lowest BCUT2D eigenvalue weighted by atomic mass is 9.98.